The lowest BCUT2D eigenvalue weighted by Crippen LogP contribution is -2.37. The van der Waals surface area contributed by atoms with E-state index in [0.717, 1.165) is 10.0 Å². The zero-order valence-corrected chi connectivity index (χ0v) is 11.3. The molecule has 0 heterocycles. The molecule has 4 nitrogen and oxygen atoms in total. The van der Waals surface area contributed by atoms with E-state index in [2.05, 4.69) is 26.6 Å². The van der Waals surface area contributed by atoms with Crippen molar-refractivity contribution in [3.8, 4) is 0 Å². The van der Waals surface area contributed by atoms with Crippen LogP contribution in [0.1, 0.15) is 5.56 Å². The molecule has 0 aromatic heterocycles. The van der Waals surface area contributed by atoms with Crippen LogP contribution in [0, 0.1) is 0 Å². The molecule has 17 heavy (non-hydrogen) atoms. The van der Waals surface area contributed by atoms with Crippen LogP contribution in [0.4, 0.5) is 0 Å². The van der Waals surface area contributed by atoms with E-state index in [1.807, 2.05) is 24.3 Å². The minimum atomic E-state index is -0.356. The summed E-state index contributed by atoms with van der Waals surface area (Å²) in [4.78, 5) is 22.1. The van der Waals surface area contributed by atoms with Crippen LogP contribution in [-0.2, 0) is 16.1 Å². The Bertz CT molecular complexity index is 395. The van der Waals surface area contributed by atoms with Crippen molar-refractivity contribution in [2.45, 2.75) is 6.54 Å². The van der Waals surface area contributed by atoms with Gasteiger partial charge in [-0.3, -0.25) is 9.59 Å². The zero-order chi connectivity index (χ0) is 12.7. The van der Waals surface area contributed by atoms with Crippen molar-refractivity contribution in [3.63, 3.8) is 0 Å². The largest absolute Gasteiger partial charge is 0.350 e. The standard InChI is InChI=1S/C11H12BrClN2O2/c12-9-3-1-8(2-4-9)6-14-11(17)7-15-10(16)5-13/h1-4H,5-7H2,(H,14,17)(H,15,16). The third-order valence-electron chi connectivity index (χ3n) is 1.97. The molecule has 0 fully saturated rings. The summed E-state index contributed by atoms with van der Waals surface area (Å²) >= 11 is 8.60. The van der Waals surface area contributed by atoms with Crippen LogP contribution in [0.15, 0.2) is 28.7 Å². The van der Waals surface area contributed by atoms with Gasteiger partial charge in [-0.25, -0.2) is 0 Å². The van der Waals surface area contributed by atoms with Crippen LogP contribution < -0.4 is 10.6 Å². The van der Waals surface area contributed by atoms with Gasteiger partial charge in [0.25, 0.3) is 0 Å². The summed E-state index contributed by atoms with van der Waals surface area (Å²) in [5, 5.41) is 5.07. The number of alkyl halides is 1. The Hall–Kier alpha value is -1.07. The number of halogens is 2. The predicted molar refractivity (Wildman–Crippen MR) is 69.7 cm³/mol. The fourth-order valence-electron chi connectivity index (χ4n) is 1.09. The molecule has 6 heteroatoms. The summed E-state index contributed by atoms with van der Waals surface area (Å²) in [6.45, 7) is 0.380. The molecular weight excluding hydrogens is 307 g/mol. The highest BCUT2D eigenvalue weighted by Gasteiger charge is 2.03. The van der Waals surface area contributed by atoms with Crippen LogP contribution in [0.25, 0.3) is 0 Å². The van der Waals surface area contributed by atoms with Gasteiger partial charge in [0.1, 0.15) is 5.88 Å². The van der Waals surface area contributed by atoms with Crippen molar-refractivity contribution in [2.75, 3.05) is 12.4 Å². The Morgan fingerprint density at radius 2 is 1.76 bits per heavy atom. The molecule has 0 aliphatic heterocycles. The van der Waals surface area contributed by atoms with Gasteiger partial charge in [-0.2, -0.15) is 0 Å². The second-order valence-corrected chi connectivity index (χ2v) is 4.50. The number of amides is 2. The summed E-state index contributed by atoms with van der Waals surface area (Å²) in [5.41, 5.74) is 0.991. The highest BCUT2D eigenvalue weighted by Crippen LogP contribution is 2.09. The van der Waals surface area contributed by atoms with Crippen LogP contribution in [0.2, 0.25) is 0 Å². The smallest absolute Gasteiger partial charge is 0.239 e. The molecule has 1 aromatic carbocycles. The summed E-state index contributed by atoms with van der Waals surface area (Å²) in [5.74, 6) is -0.739. The van der Waals surface area contributed by atoms with Gasteiger partial charge in [-0.15, -0.1) is 11.6 Å². The van der Waals surface area contributed by atoms with Gasteiger partial charge >= 0.3 is 0 Å². The quantitative estimate of drug-likeness (QED) is 0.807. The molecule has 0 aliphatic carbocycles. The van der Waals surface area contributed by atoms with Gasteiger partial charge in [0.2, 0.25) is 11.8 Å². The molecule has 0 bridgehead atoms. The topological polar surface area (TPSA) is 58.2 Å². The van der Waals surface area contributed by atoms with Crippen LogP contribution in [0.5, 0.6) is 0 Å². The summed E-state index contributed by atoms with van der Waals surface area (Å²) in [6.07, 6.45) is 0. The number of hydrogen-bond donors (Lipinski definition) is 2. The Labute approximate surface area is 113 Å². The minimum Gasteiger partial charge on any atom is -0.350 e. The average Bonchev–Trinajstić information content (AvgIpc) is 2.35. The lowest BCUT2D eigenvalue weighted by Gasteiger charge is -2.06. The highest BCUT2D eigenvalue weighted by molar-refractivity contribution is 9.10. The molecule has 0 saturated heterocycles. The molecular formula is C11H12BrClN2O2. The lowest BCUT2D eigenvalue weighted by molar-refractivity contribution is -0.124. The van der Waals surface area contributed by atoms with Gasteiger partial charge in [0, 0.05) is 11.0 Å². The number of rotatable bonds is 5. The molecule has 0 radical (unpaired) electrons. The Morgan fingerprint density at radius 3 is 2.35 bits per heavy atom. The first-order chi connectivity index (χ1) is 8.11. The maximum absolute atomic E-state index is 11.3. The molecule has 0 saturated carbocycles. The Kier molecular flexibility index (Phi) is 6.00. The van der Waals surface area contributed by atoms with E-state index in [4.69, 9.17) is 11.6 Å². The molecule has 1 rings (SSSR count). The van der Waals surface area contributed by atoms with Gasteiger partial charge in [-0.1, -0.05) is 28.1 Å². The fourth-order valence-corrected chi connectivity index (χ4v) is 1.45. The zero-order valence-electron chi connectivity index (χ0n) is 9.00. The molecule has 0 unspecified atom stereocenters. The highest BCUT2D eigenvalue weighted by atomic mass is 79.9. The normalized spacial score (nSPS) is 9.76. The van der Waals surface area contributed by atoms with Gasteiger partial charge < -0.3 is 10.6 Å². The van der Waals surface area contributed by atoms with E-state index >= 15 is 0 Å². The third kappa shape index (κ3) is 5.70. The summed E-state index contributed by atoms with van der Waals surface area (Å²) < 4.78 is 0.988. The van der Waals surface area contributed by atoms with Crippen LogP contribution in [0.3, 0.4) is 0 Å². The monoisotopic (exact) mass is 318 g/mol. The molecule has 0 atom stereocenters. The van der Waals surface area contributed by atoms with Gasteiger partial charge in [0.15, 0.2) is 0 Å². The van der Waals surface area contributed by atoms with E-state index in [-0.39, 0.29) is 24.2 Å². The van der Waals surface area contributed by atoms with E-state index in [1.54, 1.807) is 0 Å². The number of benzene rings is 1. The van der Waals surface area contributed by atoms with Crippen molar-refractivity contribution < 1.29 is 9.59 Å². The molecule has 2 amide bonds. The average molecular weight is 320 g/mol. The first-order valence-electron chi connectivity index (χ1n) is 4.95. The fraction of sp³-hybridized carbons (Fsp3) is 0.273. The van der Waals surface area contributed by atoms with Crippen molar-refractivity contribution in [1.82, 2.24) is 10.6 Å². The van der Waals surface area contributed by atoms with E-state index in [9.17, 15) is 9.59 Å². The molecule has 0 spiro atoms. The van der Waals surface area contributed by atoms with Crippen molar-refractivity contribution >= 4 is 39.3 Å². The van der Waals surface area contributed by atoms with Gasteiger partial charge in [0.05, 0.1) is 6.54 Å². The third-order valence-corrected chi connectivity index (χ3v) is 2.74. The maximum atomic E-state index is 11.3. The maximum Gasteiger partial charge on any atom is 0.239 e. The SMILES string of the molecule is O=C(CCl)NCC(=O)NCc1ccc(Br)cc1. The number of carbonyl (C=O) groups excluding carboxylic acids is 2. The van der Waals surface area contributed by atoms with Crippen molar-refractivity contribution in [1.29, 1.82) is 0 Å². The van der Waals surface area contributed by atoms with Crippen LogP contribution >= 0.6 is 27.5 Å². The summed E-state index contributed by atoms with van der Waals surface area (Å²) in [7, 11) is 0. The lowest BCUT2D eigenvalue weighted by atomic mass is 10.2. The molecule has 2 N–H and O–H groups in total. The predicted octanol–water partition coefficient (Wildman–Crippen LogP) is 1.42. The van der Waals surface area contributed by atoms with E-state index < -0.39 is 0 Å². The molecule has 0 aliphatic rings. The number of hydrogen-bond acceptors (Lipinski definition) is 2. The number of carbonyl (C=O) groups is 2. The van der Waals surface area contributed by atoms with Crippen molar-refractivity contribution in [3.05, 3.63) is 34.3 Å². The Balaban J connectivity index is 2.28. The van der Waals surface area contributed by atoms with E-state index in [1.165, 1.54) is 0 Å². The van der Waals surface area contributed by atoms with Gasteiger partial charge in [-0.05, 0) is 17.7 Å². The minimum absolute atomic E-state index is 0.0535. The Morgan fingerprint density at radius 1 is 1.12 bits per heavy atom. The summed E-state index contributed by atoms with van der Waals surface area (Å²) in [6, 6.07) is 7.61. The van der Waals surface area contributed by atoms with Crippen LogP contribution in [-0.4, -0.2) is 24.2 Å². The second-order valence-electron chi connectivity index (χ2n) is 3.31. The number of nitrogens with one attached hydrogen (secondary N) is 2. The first-order valence-corrected chi connectivity index (χ1v) is 6.28. The second kappa shape index (κ2) is 7.29. The molecule has 1 aromatic rings. The van der Waals surface area contributed by atoms with E-state index in [0.29, 0.717) is 6.54 Å². The molecule has 92 valence electrons. The first kappa shape index (κ1) is 14.0. The van der Waals surface area contributed by atoms with Crippen molar-refractivity contribution in [2.24, 2.45) is 0 Å².